The van der Waals surface area contributed by atoms with Crippen molar-refractivity contribution in [2.75, 3.05) is 5.32 Å². The first kappa shape index (κ1) is 16.6. The largest absolute Gasteiger partial charge is 0.326 e. The minimum absolute atomic E-state index is 0.0380. The Bertz CT molecular complexity index is 877. The fourth-order valence-corrected chi connectivity index (χ4v) is 2.40. The van der Waals surface area contributed by atoms with Crippen molar-refractivity contribution in [3.8, 4) is 5.69 Å². The molecule has 1 amide bonds. The monoisotopic (exact) mass is 337 g/mol. The Kier molecular flexibility index (Phi) is 4.99. The Morgan fingerprint density at radius 3 is 2.52 bits per heavy atom. The van der Waals surface area contributed by atoms with Crippen LogP contribution in [0.25, 0.3) is 5.69 Å². The van der Waals surface area contributed by atoms with Crippen LogP contribution in [-0.4, -0.2) is 21.5 Å². The molecule has 1 heterocycles. The van der Waals surface area contributed by atoms with E-state index in [0.29, 0.717) is 16.9 Å². The van der Waals surface area contributed by atoms with E-state index in [1.807, 2.05) is 6.07 Å². The number of nitrogens with one attached hydrogen (secondary N) is 1. The molecule has 1 N–H and O–H groups in total. The molecule has 0 fully saturated rings. The van der Waals surface area contributed by atoms with Gasteiger partial charge in [-0.15, -0.1) is 0 Å². The summed E-state index contributed by atoms with van der Waals surface area (Å²) in [6, 6.07) is 14.9. The average molecular weight is 337 g/mol. The minimum Gasteiger partial charge on any atom is -0.326 e. The van der Waals surface area contributed by atoms with E-state index in [2.05, 4.69) is 10.4 Å². The number of anilines is 1. The molecule has 0 radical (unpaired) electrons. The SMILES string of the molecule is O=C(CCC(=O)c1ccccc1)Nc1ccc(-n2cccn2)c(F)c1. The van der Waals surface area contributed by atoms with Crippen LogP contribution in [0.5, 0.6) is 0 Å². The summed E-state index contributed by atoms with van der Waals surface area (Å²) in [6.45, 7) is 0. The standard InChI is InChI=1S/C19H16FN3O2/c20-16-13-15(7-8-17(16)23-12-4-11-21-23)22-19(25)10-9-18(24)14-5-2-1-3-6-14/h1-8,11-13H,9-10H2,(H,22,25). The summed E-state index contributed by atoms with van der Waals surface area (Å²) in [7, 11) is 0. The number of hydrogen-bond donors (Lipinski definition) is 1. The van der Waals surface area contributed by atoms with Crippen molar-refractivity contribution < 1.29 is 14.0 Å². The van der Waals surface area contributed by atoms with Crippen LogP contribution in [0.4, 0.5) is 10.1 Å². The second-order valence-corrected chi connectivity index (χ2v) is 5.45. The van der Waals surface area contributed by atoms with Gasteiger partial charge in [0.2, 0.25) is 5.91 Å². The van der Waals surface area contributed by atoms with Gasteiger partial charge in [-0.05, 0) is 24.3 Å². The van der Waals surface area contributed by atoms with Crippen LogP contribution < -0.4 is 5.32 Å². The van der Waals surface area contributed by atoms with Crippen LogP contribution in [0.15, 0.2) is 67.0 Å². The Labute approximate surface area is 144 Å². The highest BCUT2D eigenvalue weighted by molar-refractivity contribution is 5.99. The van der Waals surface area contributed by atoms with E-state index in [1.165, 1.54) is 16.8 Å². The number of hydrogen-bond acceptors (Lipinski definition) is 3. The molecule has 0 saturated heterocycles. The van der Waals surface area contributed by atoms with Gasteiger partial charge in [0.15, 0.2) is 11.6 Å². The molecule has 0 aliphatic heterocycles. The fraction of sp³-hybridized carbons (Fsp3) is 0.105. The third kappa shape index (κ3) is 4.17. The zero-order chi connectivity index (χ0) is 17.6. The van der Waals surface area contributed by atoms with Crippen molar-refractivity contribution in [3.05, 3.63) is 78.4 Å². The van der Waals surface area contributed by atoms with Gasteiger partial charge in [0, 0.05) is 36.5 Å². The van der Waals surface area contributed by atoms with Gasteiger partial charge in [-0.25, -0.2) is 9.07 Å². The number of carbonyl (C=O) groups is 2. The molecule has 25 heavy (non-hydrogen) atoms. The van der Waals surface area contributed by atoms with Crippen LogP contribution >= 0.6 is 0 Å². The second-order valence-electron chi connectivity index (χ2n) is 5.45. The first-order valence-electron chi connectivity index (χ1n) is 7.81. The number of ketones is 1. The average Bonchev–Trinajstić information content (AvgIpc) is 3.15. The Morgan fingerprint density at radius 2 is 1.84 bits per heavy atom. The lowest BCUT2D eigenvalue weighted by Gasteiger charge is -2.08. The summed E-state index contributed by atoms with van der Waals surface area (Å²) in [5.41, 5.74) is 1.21. The number of amides is 1. The van der Waals surface area contributed by atoms with Gasteiger partial charge in [-0.1, -0.05) is 30.3 Å². The summed E-state index contributed by atoms with van der Waals surface area (Å²) in [4.78, 5) is 24.0. The number of rotatable bonds is 6. The predicted molar refractivity (Wildman–Crippen MR) is 92.2 cm³/mol. The van der Waals surface area contributed by atoms with Crippen molar-refractivity contribution in [2.24, 2.45) is 0 Å². The van der Waals surface area contributed by atoms with Gasteiger partial charge >= 0.3 is 0 Å². The molecule has 0 aliphatic carbocycles. The van der Waals surface area contributed by atoms with E-state index in [1.54, 1.807) is 48.8 Å². The van der Waals surface area contributed by atoms with E-state index >= 15 is 0 Å². The molecule has 1 aromatic heterocycles. The second kappa shape index (κ2) is 7.53. The van der Waals surface area contributed by atoms with Crippen LogP contribution in [0, 0.1) is 5.82 Å². The number of nitrogens with zero attached hydrogens (tertiary/aromatic N) is 2. The molecular formula is C19H16FN3O2. The van der Waals surface area contributed by atoms with Crippen LogP contribution in [0.1, 0.15) is 23.2 Å². The van der Waals surface area contributed by atoms with Crippen molar-refractivity contribution in [2.45, 2.75) is 12.8 Å². The lowest BCUT2D eigenvalue weighted by molar-refractivity contribution is -0.116. The molecule has 0 atom stereocenters. The molecule has 5 nitrogen and oxygen atoms in total. The number of aromatic nitrogens is 2. The van der Waals surface area contributed by atoms with E-state index in [-0.39, 0.29) is 24.5 Å². The minimum atomic E-state index is -0.498. The van der Waals surface area contributed by atoms with Crippen molar-refractivity contribution in [1.82, 2.24) is 9.78 Å². The van der Waals surface area contributed by atoms with Gasteiger partial charge < -0.3 is 5.32 Å². The lowest BCUT2D eigenvalue weighted by Crippen LogP contribution is -2.14. The van der Waals surface area contributed by atoms with Crippen LogP contribution in [-0.2, 0) is 4.79 Å². The smallest absolute Gasteiger partial charge is 0.224 e. The molecule has 6 heteroatoms. The van der Waals surface area contributed by atoms with Gasteiger partial charge in [0.25, 0.3) is 0 Å². The first-order chi connectivity index (χ1) is 12.1. The predicted octanol–water partition coefficient (Wildman–Crippen LogP) is 3.61. The highest BCUT2D eigenvalue weighted by Gasteiger charge is 2.11. The molecule has 0 unspecified atom stereocenters. The number of halogens is 1. The van der Waals surface area contributed by atoms with E-state index in [9.17, 15) is 14.0 Å². The third-order valence-electron chi connectivity index (χ3n) is 3.66. The van der Waals surface area contributed by atoms with E-state index < -0.39 is 5.82 Å². The molecule has 0 bridgehead atoms. The molecule has 0 saturated carbocycles. The summed E-state index contributed by atoms with van der Waals surface area (Å²) >= 11 is 0. The topological polar surface area (TPSA) is 64.0 Å². The molecular weight excluding hydrogens is 321 g/mol. The number of Topliss-reactive ketones (excluding diaryl/α,β-unsaturated/α-hetero) is 1. The summed E-state index contributed by atoms with van der Waals surface area (Å²) < 4.78 is 15.5. The normalized spacial score (nSPS) is 10.4. The van der Waals surface area contributed by atoms with Crippen LogP contribution in [0.3, 0.4) is 0 Å². The summed E-state index contributed by atoms with van der Waals surface area (Å²) in [6.07, 6.45) is 3.32. The Balaban J connectivity index is 1.58. The maximum atomic E-state index is 14.1. The molecule has 0 aliphatic rings. The zero-order valence-electron chi connectivity index (χ0n) is 13.4. The summed E-state index contributed by atoms with van der Waals surface area (Å²) in [5.74, 6) is -0.937. The fourth-order valence-electron chi connectivity index (χ4n) is 2.40. The lowest BCUT2D eigenvalue weighted by atomic mass is 10.1. The zero-order valence-corrected chi connectivity index (χ0v) is 13.4. The van der Waals surface area contributed by atoms with Crippen molar-refractivity contribution in [3.63, 3.8) is 0 Å². The Hall–Kier alpha value is -3.28. The molecule has 2 aromatic carbocycles. The van der Waals surface area contributed by atoms with Crippen molar-refractivity contribution in [1.29, 1.82) is 0 Å². The van der Waals surface area contributed by atoms with Crippen molar-refractivity contribution >= 4 is 17.4 Å². The molecule has 0 spiro atoms. The highest BCUT2D eigenvalue weighted by atomic mass is 19.1. The van der Waals surface area contributed by atoms with Crippen LogP contribution in [0.2, 0.25) is 0 Å². The third-order valence-corrected chi connectivity index (χ3v) is 3.66. The number of benzene rings is 2. The maximum absolute atomic E-state index is 14.1. The van der Waals surface area contributed by atoms with Gasteiger partial charge in [-0.2, -0.15) is 5.10 Å². The molecule has 126 valence electrons. The molecule has 3 rings (SSSR count). The molecule has 3 aromatic rings. The highest BCUT2D eigenvalue weighted by Crippen LogP contribution is 2.18. The number of carbonyl (C=O) groups excluding carboxylic acids is 2. The first-order valence-corrected chi connectivity index (χ1v) is 7.81. The van der Waals surface area contributed by atoms with Gasteiger partial charge in [0.05, 0.1) is 0 Å². The maximum Gasteiger partial charge on any atom is 0.224 e. The van der Waals surface area contributed by atoms with Gasteiger partial charge in [0.1, 0.15) is 5.69 Å². The van der Waals surface area contributed by atoms with E-state index in [4.69, 9.17) is 0 Å². The Morgan fingerprint density at radius 1 is 1.04 bits per heavy atom. The summed E-state index contributed by atoms with van der Waals surface area (Å²) in [5, 5.41) is 6.57. The van der Waals surface area contributed by atoms with E-state index in [0.717, 1.165) is 0 Å². The van der Waals surface area contributed by atoms with Gasteiger partial charge in [-0.3, -0.25) is 9.59 Å². The quantitative estimate of drug-likeness (QED) is 0.699.